The molecule has 1 saturated heterocycles. The standard InChI is InChI=1S/C12H22N2O2/c1-4-8(2)11-12(15)14(7-13-11)9-5-10(6-9)16-3/h8-11,13H,4-7H2,1-3H3. The highest BCUT2D eigenvalue weighted by Gasteiger charge is 2.42. The fraction of sp³-hybridized carbons (Fsp3) is 0.917. The fourth-order valence-electron chi connectivity index (χ4n) is 2.51. The molecule has 0 bridgehead atoms. The molecule has 92 valence electrons. The molecule has 1 heterocycles. The van der Waals surface area contributed by atoms with Crippen molar-refractivity contribution < 1.29 is 9.53 Å². The topological polar surface area (TPSA) is 41.6 Å². The molecule has 4 nitrogen and oxygen atoms in total. The zero-order valence-corrected chi connectivity index (χ0v) is 10.4. The van der Waals surface area contributed by atoms with Crippen molar-refractivity contribution in [1.82, 2.24) is 10.2 Å². The minimum atomic E-state index is 0.0339. The molecule has 2 unspecified atom stereocenters. The molecule has 2 atom stereocenters. The van der Waals surface area contributed by atoms with Crippen LogP contribution in [-0.2, 0) is 9.53 Å². The van der Waals surface area contributed by atoms with Crippen molar-refractivity contribution in [2.45, 2.75) is 51.3 Å². The van der Waals surface area contributed by atoms with Gasteiger partial charge < -0.3 is 9.64 Å². The van der Waals surface area contributed by atoms with Crippen molar-refractivity contribution in [3.8, 4) is 0 Å². The highest BCUT2D eigenvalue weighted by atomic mass is 16.5. The maximum Gasteiger partial charge on any atom is 0.241 e. The molecule has 1 aliphatic carbocycles. The molecule has 1 amide bonds. The average molecular weight is 226 g/mol. The van der Waals surface area contributed by atoms with E-state index < -0.39 is 0 Å². The van der Waals surface area contributed by atoms with Gasteiger partial charge in [0.1, 0.15) is 0 Å². The Balaban J connectivity index is 1.88. The summed E-state index contributed by atoms with van der Waals surface area (Å²) in [5.74, 6) is 0.713. The summed E-state index contributed by atoms with van der Waals surface area (Å²) in [4.78, 5) is 14.2. The molecular formula is C12H22N2O2. The summed E-state index contributed by atoms with van der Waals surface area (Å²) in [7, 11) is 1.74. The van der Waals surface area contributed by atoms with Gasteiger partial charge in [-0.3, -0.25) is 10.1 Å². The van der Waals surface area contributed by atoms with Crippen LogP contribution in [0.2, 0.25) is 0 Å². The molecule has 2 fully saturated rings. The van der Waals surface area contributed by atoms with E-state index in [0.717, 1.165) is 25.9 Å². The highest BCUT2D eigenvalue weighted by molar-refractivity contribution is 5.84. The van der Waals surface area contributed by atoms with Crippen LogP contribution in [0, 0.1) is 5.92 Å². The summed E-state index contributed by atoms with van der Waals surface area (Å²) < 4.78 is 5.25. The largest absolute Gasteiger partial charge is 0.381 e. The maximum atomic E-state index is 12.2. The van der Waals surface area contributed by atoms with Crippen LogP contribution in [0.3, 0.4) is 0 Å². The number of ether oxygens (including phenoxy) is 1. The number of nitrogens with one attached hydrogen (secondary N) is 1. The van der Waals surface area contributed by atoms with Crippen LogP contribution in [0.4, 0.5) is 0 Å². The minimum Gasteiger partial charge on any atom is -0.381 e. The van der Waals surface area contributed by atoms with E-state index in [0.29, 0.717) is 18.1 Å². The zero-order chi connectivity index (χ0) is 11.7. The summed E-state index contributed by atoms with van der Waals surface area (Å²) in [5.41, 5.74) is 0. The second-order valence-electron chi connectivity index (χ2n) is 5.02. The number of rotatable bonds is 4. The minimum absolute atomic E-state index is 0.0339. The Hall–Kier alpha value is -0.610. The second-order valence-corrected chi connectivity index (χ2v) is 5.02. The predicted molar refractivity (Wildman–Crippen MR) is 61.9 cm³/mol. The summed E-state index contributed by atoms with van der Waals surface area (Å²) in [6.07, 6.45) is 3.40. The number of hydrogen-bond donors (Lipinski definition) is 1. The summed E-state index contributed by atoms with van der Waals surface area (Å²) >= 11 is 0. The molecular weight excluding hydrogens is 204 g/mol. The van der Waals surface area contributed by atoms with Gasteiger partial charge in [0.25, 0.3) is 0 Å². The predicted octanol–water partition coefficient (Wildman–Crippen LogP) is 0.968. The fourth-order valence-corrected chi connectivity index (χ4v) is 2.51. The Bertz CT molecular complexity index is 264. The van der Waals surface area contributed by atoms with E-state index in [9.17, 15) is 4.79 Å². The van der Waals surface area contributed by atoms with Crippen LogP contribution >= 0.6 is 0 Å². The zero-order valence-electron chi connectivity index (χ0n) is 10.4. The number of carbonyl (C=O) groups is 1. The summed E-state index contributed by atoms with van der Waals surface area (Å²) in [5, 5.41) is 3.32. The van der Waals surface area contributed by atoms with Gasteiger partial charge in [0.05, 0.1) is 18.8 Å². The van der Waals surface area contributed by atoms with Gasteiger partial charge in [-0.2, -0.15) is 0 Å². The van der Waals surface area contributed by atoms with Crippen molar-refractivity contribution in [1.29, 1.82) is 0 Å². The van der Waals surface area contributed by atoms with Gasteiger partial charge in [0.15, 0.2) is 0 Å². The normalized spacial score (nSPS) is 36.3. The molecule has 0 spiro atoms. The van der Waals surface area contributed by atoms with Crippen LogP contribution in [0.25, 0.3) is 0 Å². The Morgan fingerprint density at radius 3 is 2.81 bits per heavy atom. The molecule has 1 aliphatic heterocycles. The van der Waals surface area contributed by atoms with Crippen molar-refractivity contribution >= 4 is 5.91 Å². The lowest BCUT2D eigenvalue weighted by Gasteiger charge is -2.40. The first-order valence-corrected chi connectivity index (χ1v) is 6.24. The Kier molecular flexibility index (Phi) is 3.50. The SMILES string of the molecule is CCC(C)C1NCN(C2CC(OC)C2)C1=O. The molecule has 0 aromatic heterocycles. The quantitative estimate of drug-likeness (QED) is 0.776. The molecule has 4 heteroatoms. The number of amides is 1. The van der Waals surface area contributed by atoms with Crippen LogP contribution in [-0.4, -0.2) is 42.8 Å². The first-order valence-electron chi connectivity index (χ1n) is 6.24. The van der Waals surface area contributed by atoms with Crippen molar-refractivity contribution in [3.63, 3.8) is 0 Å². The van der Waals surface area contributed by atoms with Crippen LogP contribution in [0.15, 0.2) is 0 Å². The molecule has 16 heavy (non-hydrogen) atoms. The van der Waals surface area contributed by atoms with E-state index in [-0.39, 0.29) is 11.9 Å². The lowest BCUT2D eigenvalue weighted by Crippen LogP contribution is -2.49. The van der Waals surface area contributed by atoms with E-state index in [1.165, 1.54) is 0 Å². The van der Waals surface area contributed by atoms with E-state index in [1.807, 2.05) is 4.90 Å². The Labute approximate surface area is 97.3 Å². The lowest BCUT2D eigenvalue weighted by atomic mass is 9.87. The third-order valence-corrected chi connectivity index (χ3v) is 4.09. The Morgan fingerprint density at radius 1 is 1.56 bits per heavy atom. The van der Waals surface area contributed by atoms with Crippen LogP contribution in [0.1, 0.15) is 33.1 Å². The number of nitrogens with zero attached hydrogens (tertiary/aromatic N) is 1. The molecule has 1 saturated carbocycles. The molecule has 0 aromatic carbocycles. The summed E-state index contributed by atoms with van der Waals surface area (Å²) in [6.45, 7) is 4.99. The first-order chi connectivity index (χ1) is 7.67. The second kappa shape index (κ2) is 4.72. The van der Waals surface area contributed by atoms with Gasteiger partial charge in [-0.05, 0) is 18.8 Å². The smallest absolute Gasteiger partial charge is 0.241 e. The number of methoxy groups -OCH3 is 1. The van der Waals surface area contributed by atoms with Crippen molar-refractivity contribution in [3.05, 3.63) is 0 Å². The van der Waals surface area contributed by atoms with Crippen LogP contribution < -0.4 is 5.32 Å². The van der Waals surface area contributed by atoms with Gasteiger partial charge in [-0.25, -0.2) is 0 Å². The van der Waals surface area contributed by atoms with Gasteiger partial charge in [0, 0.05) is 13.2 Å². The highest BCUT2D eigenvalue weighted by Crippen LogP contribution is 2.30. The average Bonchev–Trinajstić information content (AvgIpc) is 2.59. The maximum absolute atomic E-state index is 12.2. The number of carbonyl (C=O) groups excluding carboxylic acids is 1. The molecule has 0 radical (unpaired) electrons. The molecule has 2 aliphatic rings. The van der Waals surface area contributed by atoms with E-state index in [2.05, 4.69) is 19.2 Å². The lowest BCUT2D eigenvalue weighted by molar-refractivity contribution is -0.136. The Morgan fingerprint density at radius 2 is 2.25 bits per heavy atom. The van der Waals surface area contributed by atoms with Gasteiger partial charge in [0.2, 0.25) is 5.91 Å². The summed E-state index contributed by atoms with van der Waals surface area (Å²) in [6, 6.07) is 0.436. The van der Waals surface area contributed by atoms with E-state index in [1.54, 1.807) is 7.11 Å². The van der Waals surface area contributed by atoms with Gasteiger partial charge in [-0.1, -0.05) is 20.3 Å². The van der Waals surface area contributed by atoms with Crippen molar-refractivity contribution in [2.75, 3.05) is 13.8 Å². The van der Waals surface area contributed by atoms with Crippen LogP contribution in [0.5, 0.6) is 0 Å². The monoisotopic (exact) mass is 226 g/mol. The first kappa shape index (κ1) is 11.9. The third kappa shape index (κ3) is 1.96. The van der Waals surface area contributed by atoms with Gasteiger partial charge in [-0.15, -0.1) is 0 Å². The molecule has 2 rings (SSSR count). The van der Waals surface area contributed by atoms with Crippen molar-refractivity contribution in [2.24, 2.45) is 5.92 Å². The third-order valence-electron chi connectivity index (χ3n) is 4.09. The van der Waals surface area contributed by atoms with E-state index in [4.69, 9.17) is 4.74 Å². The van der Waals surface area contributed by atoms with E-state index >= 15 is 0 Å². The number of hydrogen-bond acceptors (Lipinski definition) is 3. The molecule has 1 N–H and O–H groups in total. The molecule has 0 aromatic rings. The van der Waals surface area contributed by atoms with Gasteiger partial charge >= 0.3 is 0 Å².